The van der Waals surface area contributed by atoms with Crippen LogP contribution >= 0.6 is 0 Å². The molecule has 0 radical (unpaired) electrons. The summed E-state index contributed by atoms with van der Waals surface area (Å²) in [5, 5.41) is 14.7. The Morgan fingerprint density at radius 3 is 2.61 bits per heavy atom. The first-order chi connectivity index (χ1) is 13.4. The lowest BCUT2D eigenvalue weighted by Gasteiger charge is -2.18. The summed E-state index contributed by atoms with van der Waals surface area (Å²) in [6.45, 7) is 9.19. The van der Waals surface area contributed by atoms with Gasteiger partial charge in [-0.2, -0.15) is 10.2 Å². The van der Waals surface area contributed by atoms with E-state index in [9.17, 15) is 4.79 Å². The number of rotatable bonds is 6. The van der Waals surface area contributed by atoms with Crippen LogP contribution < -0.4 is 5.32 Å². The number of nitrogens with one attached hydrogen (secondary N) is 2. The van der Waals surface area contributed by atoms with Gasteiger partial charge in [0.05, 0.1) is 24.1 Å². The van der Waals surface area contributed by atoms with Crippen LogP contribution in [0.5, 0.6) is 0 Å². The van der Waals surface area contributed by atoms with Gasteiger partial charge in [0.2, 0.25) is 0 Å². The highest BCUT2D eigenvalue weighted by Gasteiger charge is 2.18. The number of H-pyrrole nitrogens is 1. The van der Waals surface area contributed by atoms with E-state index in [0.29, 0.717) is 19.1 Å². The van der Waals surface area contributed by atoms with Gasteiger partial charge < -0.3 is 10.2 Å². The van der Waals surface area contributed by atoms with E-state index >= 15 is 0 Å². The minimum atomic E-state index is -0.128. The smallest absolute Gasteiger partial charge is 0.317 e. The summed E-state index contributed by atoms with van der Waals surface area (Å²) in [7, 11) is 1.80. The molecule has 0 saturated heterocycles. The zero-order valence-corrected chi connectivity index (χ0v) is 17.2. The molecule has 0 aliphatic carbocycles. The van der Waals surface area contributed by atoms with Gasteiger partial charge in [0.25, 0.3) is 0 Å². The molecular weight excluding hydrogens is 352 g/mol. The van der Waals surface area contributed by atoms with Crippen molar-refractivity contribution >= 4 is 6.03 Å². The van der Waals surface area contributed by atoms with E-state index < -0.39 is 0 Å². The predicted octanol–water partition coefficient (Wildman–Crippen LogP) is 3.81. The van der Waals surface area contributed by atoms with Gasteiger partial charge in [0.1, 0.15) is 0 Å². The summed E-state index contributed by atoms with van der Waals surface area (Å²) >= 11 is 0. The number of hydrogen-bond donors (Lipinski definition) is 2. The van der Waals surface area contributed by atoms with Gasteiger partial charge in [-0.1, -0.05) is 30.3 Å². The van der Waals surface area contributed by atoms with Crippen molar-refractivity contribution in [1.82, 2.24) is 30.2 Å². The van der Waals surface area contributed by atoms with Crippen molar-refractivity contribution in [1.29, 1.82) is 0 Å². The van der Waals surface area contributed by atoms with Gasteiger partial charge in [-0.3, -0.25) is 9.78 Å². The predicted molar refractivity (Wildman–Crippen MR) is 110 cm³/mol. The zero-order chi connectivity index (χ0) is 20.3. The first-order valence-electron chi connectivity index (χ1n) is 9.49. The molecule has 0 fully saturated rings. The van der Waals surface area contributed by atoms with Crippen molar-refractivity contribution in [2.24, 2.45) is 0 Å². The molecule has 3 aromatic rings. The second-order valence-electron chi connectivity index (χ2n) is 7.34. The highest BCUT2D eigenvalue weighted by Crippen LogP contribution is 2.21. The van der Waals surface area contributed by atoms with Gasteiger partial charge in [0, 0.05) is 36.5 Å². The number of aryl methyl sites for hydroxylation is 1. The number of urea groups is 1. The highest BCUT2D eigenvalue weighted by molar-refractivity contribution is 5.74. The molecule has 0 saturated carbocycles. The molecule has 2 N–H and O–H groups in total. The average Bonchev–Trinajstić information content (AvgIpc) is 3.26. The SMILES string of the molecule is Cc1nn(C(C)C)c(C)c1CN(C)C(=O)NCc1cn[nH]c1-c1ccccc1. The van der Waals surface area contributed by atoms with Gasteiger partial charge in [-0.25, -0.2) is 4.79 Å². The maximum Gasteiger partial charge on any atom is 0.317 e. The largest absolute Gasteiger partial charge is 0.334 e. The summed E-state index contributed by atoms with van der Waals surface area (Å²) in [5.41, 5.74) is 6.09. The van der Waals surface area contributed by atoms with Crippen LogP contribution in [0.25, 0.3) is 11.3 Å². The van der Waals surface area contributed by atoms with Gasteiger partial charge in [-0.05, 0) is 33.3 Å². The fourth-order valence-corrected chi connectivity index (χ4v) is 3.34. The zero-order valence-electron chi connectivity index (χ0n) is 17.2. The van der Waals surface area contributed by atoms with Crippen molar-refractivity contribution in [3.63, 3.8) is 0 Å². The Balaban J connectivity index is 1.64. The van der Waals surface area contributed by atoms with Crippen LogP contribution in [0.3, 0.4) is 0 Å². The Kier molecular flexibility index (Phi) is 5.82. The Hall–Kier alpha value is -3.09. The normalized spacial score (nSPS) is 11.1. The molecule has 7 nitrogen and oxygen atoms in total. The van der Waals surface area contributed by atoms with E-state index in [2.05, 4.69) is 41.4 Å². The maximum absolute atomic E-state index is 12.6. The number of aromatic amines is 1. The second kappa shape index (κ2) is 8.29. The number of carbonyl (C=O) groups excluding carboxylic acids is 1. The van der Waals surface area contributed by atoms with E-state index in [1.807, 2.05) is 41.9 Å². The van der Waals surface area contributed by atoms with Crippen LogP contribution in [0.1, 0.15) is 42.4 Å². The van der Waals surface area contributed by atoms with Crippen LogP contribution in [-0.4, -0.2) is 38.0 Å². The van der Waals surface area contributed by atoms with Crippen LogP contribution in [0.15, 0.2) is 36.5 Å². The number of hydrogen-bond acceptors (Lipinski definition) is 3. The molecule has 3 rings (SSSR count). The average molecular weight is 380 g/mol. The van der Waals surface area contributed by atoms with Crippen LogP contribution in [0.4, 0.5) is 4.79 Å². The lowest BCUT2D eigenvalue weighted by atomic mass is 10.1. The topological polar surface area (TPSA) is 78.8 Å². The van der Waals surface area contributed by atoms with E-state index in [4.69, 9.17) is 0 Å². The van der Waals surface area contributed by atoms with Crippen LogP contribution in [0.2, 0.25) is 0 Å². The van der Waals surface area contributed by atoms with Gasteiger partial charge in [0.15, 0.2) is 0 Å². The lowest BCUT2D eigenvalue weighted by molar-refractivity contribution is 0.206. The Morgan fingerprint density at radius 1 is 1.25 bits per heavy atom. The summed E-state index contributed by atoms with van der Waals surface area (Å²) < 4.78 is 2.01. The molecule has 28 heavy (non-hydrogen) atoms. The first-order valence-corrected chi connectivity index (χ1v) is 9.49. The van der Waals surface area contributed by atoms with E-state index in [-0.39, 0.29) is 6.03 Å². The molecule has 0 atom stereocenters. The van der Waals surface area contributed by atoms with Crippen LogP contribution in [0, 0.1) is 13.8 Å². The van der Waals surface area contributed by atoms with Crippen molar-refractivity contribution in [2.45, 2.75) is 46.8 Å². The van der Waals surface area contributed by atoms with Crippen molar-refractivity contribution in [2.75, 3.05) is 7.05 Å². The Morgan fingerprint density at radius 2 is 1.96 bits per heavy atom. The monoisotopic (exact) mass is 380 g/mol. The van der Waals surface area contributed by atoms with Gasteiger partial charge >= 0.3 is 6.03 Å². The number of benzene rings is 1. The Bertz CT molecular complexity index is 941. The summed E-state index contributed by atoms with van der Waals surface area (Å²) in [6.07, 6.45) is 1.75. The number of carbonyl (C=O) groups is 1. The molecule has 2 amide bonds. The minimum Gasteiger partial charge on any atom is -0.334 e. The van der Waals surface area contributed by atoms with Gasteiger partial charge in [-0.15, -0.1) is 0 Å². The lowest BCUT2D eigenvalue weighted by Crippen LogP contribution is -2.36. The highest BCUT2D eigenvalue weighted by atomic mass is 16.2. The standard InChI is InChI=1S/C21H28N6O/c1-14(2)27-16(4)19(15(3)25-27)13-26(5)21(28)22-11-18-12-23-24-20(18)17-9-7-6-8-10-17/h6-10,12,14H,11,13H2,1-5H3,(H,22,28)(H,23,24). The summed E-state index contributed by atoms with van der Waals surface area (Å²) in [5.74, 6) is 0. The van der Waals surface area contributed by atoms with Crippen LogP contribution in [-0.2, 0) is 13.1 Å². The van der Waals surface area contributed by atoms with E-state index in [0.717, 1.165) is 33.8 Å². The molecule has 0 spiro atoms. The van der Waals surface area contributed by atoms with E-state index in [1.165, 1.54) is 0 Å². The number of aromatic nitrogens is 4. The van der Waals surface area contributed by atoms with Crippen molar-refractivity contribution in [3.8, 4) is 11.3 Å². The number of amides is 2. The molecule has 0 aliphatic heterocycles. The summed E-state index contributed by atoms with van der Waals surface area (Å²) in [4.78, 5) is 14.3. The quantitative estimate of drug-likeness (QED) is 0.682. The third kappa shape index (κ3) is 4.08. The minimum absolute atomic E-state index is 0.128. The van der Waals surface area contributed by atoms with E-state index in [1.54, 1.807) is 18.1 Å². The molecule has 0 unspecified atom stereocenters. The molecule has 7 heteroatoms. The first kappa shape index (κ1) is 19.7. The fraction of sp³-hybridized carbons (Fsp3) is 0.381. The molecule has 148 valence electrons. The molecular formula is C21H28N6O. The number of nitrogens with zero attached hydrogens (tertiary/aromatic N) is 4. The molecule has 0 aliphatic rings. The molecule has 2 heterocycles. The van der Waals surface area contributed by atoms with Crippen molar-refractivity contribution < 1.29 is 4.79 Å². The fourth-order valence-electron chi connectivity index (χ4n) is 3.34. The molecule has 2 aromatic heterocycles. The van der Waals surface area contributed by atoms with Crippen molar-refractivity contribution in [3.05, 3.63) is 59.0 Å². The third-order valence-electron chi connectivity index (χ3n) is 4.92. The molecule has 1 aromatic carbocycles. The third-order valence-corrected chi connectivity index (χ3v) is 4.92. The second-order valence-corrected chi connectivity index (χ2v) is 7.34. The summed E-state index contributed by atoms with van der Waals surface area (Å²) in [6, 6.07) is 10.1. The Labute approximate surface area is 165 Å². The maximum atomic E-state index is 12.6. The molecule has 0 bridgehead atoms.